The van der Waals surface area contributed by atoms with Gasteiger partial charge in [0, 0.05) is 30.4 Å². The van der Waals surface area contributed by atoms with E-state index in [4.69, 9.17) is 4.74 Å². The Hall–Kier alpha value is -1.62. The average Bonchev–Trinajstić information content (AvgIpc) is 2.58. The summed E-state index contributed by atoms with van der Waals surface area (Å²) in [5.41, 5.74) is 0.618. The van der Waals surface area contributed by atoms with Crippen LogP contribution in [0.25, 0.3) is 0 Å². The van der Waals surface area contributed by atoms with E-state index >= 15 is 0 Å². The van der Waals surface area contributed by atoms with E-state index in [0.717, 1.165) is 30.8 Å². The molecule has 1 atom stereocenters. The third kappa shape index (κ3) is 5.19. The Labute approximate surface area is 158 Å². The zero-order valence-corrected chi connectivity index (χ0v) is 17.3. The van der Waals surface area contributed by atoms with Crippen LogP contribution < -0.4 is 4.90 Å². The van der Waals surface area contributed by atoms with Gasteiger partial charge in [-0.1, -0.05) is 19.4 Å². The molecule has 1 aromatic heterocycles. The van der Waals surface area contributed by atoms with Gasteiger partial charge in [0.15, 0.2) is 0 Å². The molecular formula is C21H35N3O2. The minimum Gasteiger partial charge on any atom is -0.443 e. The lowest BCUT2D eigenvalue weighted by molar-refractivity contribution is 0.0577. The van der Waals surface area contributed by atoms with Crippen LogP contribution >= 0.6 is 0 Å². The maximum Gasteiger partial charge on any atom is 0.416 e. The molecule has 5 heteroatoms. The normalized spacial score (nSPS) is 18.8. The van der Waals surface area contributed by atoms with Gasteiger partial charge in [-0.05, 0) is 66.5 Å². The van der Waals surface area contributed by atoms with E-state index in [1.54, 1.807) is 11.1 Å². The lowest BCUT2D eigenvalue weighted by Crippen LogP contribution is -2.41. The second-order valence-electron chi connectivity index (χ2n) is 8.39. The summed E-state index contributed by atoms with van der Waals surface area (Å²) < 4.78 is 5.66. The number of likely N-dealkylation sites (tertiary alicyclic amines) is 1. The summed E-state index contributed by atoms with van der Waals surface area (Å²) in [5, 5.41) is 0. The molecule has 0 unspecified atom stereocenters. The third-order valence-electron chi connectivity index (χ3n) is 4.70. The molecule has 0 N–H and O–H groups in total. The van der Waals surface area contributed by atoms with E-state index in [2.05, 4.69) is 36.7 Å². The van der Waals surface area contributed by atoms with Crippen molar-refractivity contribution in [3.05, 3.63) is 23.9 Å². The van der Waals surface area contributed by atoms with Gasteiger partial charge in [0.25, 0.3) is 0 Å². The van der Waals surface area contributed by atoms with Crippen molar-refractivity contribution in [3.8, 4) is 0 Å². The van der Waals surface area contributed by atoms with Crippen molar-refractivity contribution in [2.75, 3.05) is 18.0 Å². The van der Waals surface area contributed by atoms with Crippen LogP contribution in [0, 0.1) is 0 Å². The molecule has 26 heavy (non-hydrogen) atoms. The van der Waals surface area contributed by atoms with Gasteiger partial charge in [-0.2, -0.15) is 0 Å². The number of hydrogen-bond acceptors (Lipinski definition) is 4. The summed E-state index contributed by atoms with van der Waals surface area (Å²) in [4.78, 5) is 21.7. The van der Waals surface area contributed by atoms with Crippen molar-refractivity contribution >= 4 is 11.9 Å². The van der Waals surface area contributed by atoms with E-state index in [1.165, 1.54) is 12.8 Å². The lowest BCUT2D eigenvalue weighted by atomic mass is 9.94. The highest BCUT2D eigenvalue weighted by atomic mass is 16.6. The molecule has 1 aliphatic rings. The molecule has 0 bridgehead atoms. The number of amides is 1. The Morgan fingerprint density at radius 1 is 1.38 bits per heavy atom. The number of hydrogen-bond donors (Lipinski definition) is 0. The number of ether oxygens (including phenoxy) is 1. The van der Waals surface area contributed by atoms with Crippen LogP contribution in [0.4, 0.5) is 10.6 Å². The molecule has 5 nitrogen and oxygen atoms in total. The second-order valence-corrected chi connectivity index (χ2v) is 8.39. The molecule has 146 valence electrons. The Morgan fingerprint density at radius 2 is 2.12 bits per heavy atom. The largest absolute Gasteiger partial charge is 0.443 e. The smallest absolute Gasteiger partial charge is 0.416 e. The van der Waals surface area contributed by atoms with Crippen molar-refractivity contribution in [3.63, 3.8) is 0 Å². The van der Waals surface area contributed by atoms with E-state index in [-0.39, 0.29) is 6.09 Å². The van der Waals surface area contributed by atoms with Crippen LogP contribution in [0.2, 0.25) is 0 Å². The van der Waals surface area contributed by atoms with Gasteiger partial charge >= 0.3 is 6.09 Å². The highest BCUT2D eigenvalue weighted by molar-refractivity contribution is 5.87. The molecule has 0 radical (unpaired) electrons. The summed E-state index contributed by atoms with van der Waals surface area (Å²) in [6.45, 7) is 13.9. The SMILES string of the molecule is CCCN(C(=O)OC(C)(C)C)c1ncccc1[C@@H]1CCCCN1C(C)C. The first-order chi connectivity index (χ1) is 12.2. The number of carbonyl (C=O) groups is 1. The summed E-state index contributed by atoms with van der Waals surface area (Å²) in [7, 11) is 0. The van der Waals surface area contributed by atoms with Gasteiger partial charge in [-0.3, -0.25) is 9.80 Å². The van der Waals surface area contributed by atoms with Gasteiger partial charge < -0.3 is 4.74 Å². The van der Waals surface area contributed by atoms with E-state index in [0.29, 0.717) is 18.6 Å². The van der Waals surface area contributed by atoms with Crippen LogP contribution in [-0.2, 0) is 4.74 Å². The summed E-state index contributed by atoms with van der Waals surface area (Å²) in [6, 6.07) is 4.87. The van der Waals surface area contributed by atoms with E-state index in [9.17, 15) is 4.79 Å². The topological polar surface area (TPSA) is 45.7 Å². The maximum absolute atomic E-state index is 12.8. The van der Waals surface area contributed by atoms with E-state index in [1.807, 2.05) is 26.8 Å². The number of nitrogens with zero attached hydrogens (tertiary/aromatic N) is 3. The number of carbonyl (C=O) groups excluding carboxylic acids is 1. The predicted molar refractivity (Wildman–Crippen MR) is 107 cm³/mol. The molecule has 1 fully saturated rings. The first-order valence-corrected chi connectivity index (χ1v) is 9.95. The number of aromatic nitrogens is 1. The molecule has 2 heterocycles. The standard InChI is InChI=1S/C21H35N3O2/c1-7-14-24(20(25)26-21(4,5)6)19-17(11-10-13-22-19)18-12-8-9-15-23(18)16(2)3/h10-11,13,16,18H,7-9,12,14-15H2,1-6H3/t18-/m0/s1. The zero-order chi connectivity index (χ0) is 19.3. The fraction of sp³-hybridized carbons (Fsp3) is 0.714. The number of piperidine rings is 1. The van der Waals surface area contributed by atoms with Crippen molar-refractivity contribution in [2.24, 2.45) is 0 Å². The molecule has 2 rings (SSSR count). The highest BCUT2D eigenvalue weighted by Gasteiger charge is 2.32. The highest BCUT2D eigenvalue weighted by Crippen LogP contribution is 2.37. The summed E-state index contributed by atoms with van der Waals surface area (Å²) >= 11 is 0. The fourth-order valence-electron chi connectivity index (χ4n) is 3.63. The Bertz CT molecular complexity index is 595. The van der Waals surface area contributed by atoms with Crippen molar-refractivity contribution < 1.29 is 9.53 Å². The minimum absolute atomic E-state index is 0.300. The van der Waals surface area contributed by atoms with Crippen LogP contribution in [0.5, 0.6) is 0 Å². The monoisotopic (exact) mass is 361 g/mol. The van der Waals surface area contributed by atoms with Gasteiger partial charge in [0.1, 0.15) is 11.4 Å². The van der Waals surface area contributed by atoms with Gasteiger partial charge in [-0.15, -0.1) is 0 Å². The molecule has 1 saturated heterocycles. The molecule has 1 amide bonds. The van der Waals surface area contributed by atoms with Crippen molar-refractivity contribution in [2.45, 2.75) is 84.9 Å². The van der Waals surface area contributed by atoms with Crippen LogP contribution in [-0.4, -0.2) is 40.7 Å². The fourth-order valence-corrected chi connectivity index (χ4v) is 3.63. The average molecular weight is 362 g/mol. The van der Waals surface area contributed by atoms with Crippen LogP contribution in [0.3, 0.4) is 0 Å². The summed E-state index contributed by atoms with van der Waals surface area (Å²) in [6.07, 6.45) is 5.86. The van der Waals surface area contributed by atoms with Crippen molar-refractivity contribution in [1.29, 1.82) is 0 Å². The van der Waals surface area contributed by atoms with Gasteiger partial charge in [-0.25, -0.2) is 9.78 Å². The first-order valence-electron chi connectivity index (χ1n) is 9.95. The Kier molecular flexibility index (Phi) is 7.04. The number of pyridine rings is 1. The predicted octanol–water partition coefficient (Wildman–Crippen LogP) is 5.17. The molecule has 1 aliphatic heterocycles. The summed E-state index contributed by atoms with van der Waals surface area (Å²) in [5.74, 6) is 0.751. The zero-order valence-electron chi connectivity index (χ0n) is 17.3. The third-order valence-corrected chi connectivity index (χ3v) is 4.70. The quantitative estimate of drug-likeness (QED) is 0.726. The van der Waals surface area contributed by atoms with E-state index < -0.39 is 5.60 Å². The Balaban J connectivity index is 2.39. The Morgan fingerprint density at radius 3 is 2.73 bits per heavy atom. The molecule has 0 saturated carbocycles. The van der Waals surface area contributed by atoms with Gasteiger partial charge in [0.05, 0.1) is 0 Å². The van der Waals surface area contributed by atoms with Crippen LogP contribution in [0.15, 0.2) is 18.3 Å². The lowest BCUT2D eigenvalue weighted by Gasteiger charge is -2.40. The van der Waals surface area contributed by atoms with Crippen LogP contribution in [0.1, 0.15) is 78.8 Å². The second kappa shape index (κ2) is 8.85. The van der Waals surface area contributed by atoms with Gasteiger partial charge in [0.2, 0.25) is 0 Å². The number of anilines is 1. The first kappa shape index (κ1) is 20.7. The van der Waals surface area contributed by atoms with Crippen molar-refractivity contribution in [1.82, 2.24) is 9.88 Å². The molecule has 0 spiro atoms. The number of rotatable bonds is 5. The molecule has 0 aliphatic carbocycles. The molecular weight excluding hydrogens is 326 g/mol. The molecule has 0 aromatic carbocycles. The minimum atomic E-state index is -0.521. The maximum atomic E-state index is 12.8. The molecule has 1 aromatic rings.